The largest absolute Gasteiger partial charge is 0.327 e. The summed E-state index contributed by atoms with van der Waals surface area (Å²) in [5.74, 6) is 2.07. The van der Waals surface area contributed by atoms with Gasteiger partial charge >= 0.3 is 0 Å². The van der Waals surface area contributed by atoms with Crippen LogP contribution in [-0.4, -0.2) is 25.9 Å². The van der Waals surface area contributed by atoms with Crippen molar-refractivity contribution in [3.05, 3.63) is 10.8 Å². The van der Waals surface area contributed by atoms with Crippen LogP contribution in [0, 0.1) is 0 Å². The van der Waals surface area contributed by atoms with Gasteiger partial charge in [-0.2, -0.15) is 9.61 Å². The molecule has 0 amide bonds. The minimum absolute atomic E-state index is 0.270. The third-order valence-corrected chi connectivity index (χ3v) is 5.14. The highest BCUT2D eigenvalue weighted by molar-refractivity contribution is 7.16. The lowest BCUT2D eigenvalue weighted by atomic mass is 9.86. The predicted molar refractivity (Wildman–Crippen MR) is 69.8 cm³/mol. The summed E-state index contributed by atoms with van der Waals surface area (Å²) in [6.07, 6.45) is 7.29. The van der Waals surface area contributed by atoms with Gasteiger partial charge in [0, 0.05) is 17.9 Å². The Balaban J connectivity index is 1.72. The van der Waals surface area contributed by atoms with Gasteiger partial charge in [-0.25, -0.2) is 0 Å². The van der Waals surface area contributed by atoms with Crippen molar-refractivity contribution in [3.63, 3.8) is 0 Å². The molecule has 2 fully saturated rings. The average molecular weight is 263 g/mol. The quantitative estimate of drug-likeness (QED) is 0.900. The van der Waals surface area contributed by atoms with E-state index in [2.05, 4.69) is 10.2 Å². The van der Waals surface area contributed by atoms with Gasteiger partial charge in [0.05, 0.1) is 0 Å². The molecule has 2 saturated carbocycles. The highest BCUT2D eigenvalue weighted by atomic mass is 32.1. The minimum atomic E-state index is 0.270. The van der Waals surface area contributed by atoms with E-state index in [9.17, 15) is 0 Å². The molecule has 0 aliphatic heterocycles. The fourth-order valence-electron chi connectivity index (χ4n) is 2.86. The third-order valence-electron chi connectivity index (χ3n) is 4.11. The van der Waals surface area contributed by atoms with Crippen molar-refractivity contribution in [1.82, 2.24) is 19.8 Å². The molecule has 2 unspecified atom stereocenters. The zero-order valence-electron chi connectivity index (χ0n) is 10.2. The Morgan fingerprint density at radius 1 is 1.11 bits per heavy atom. The Bertz CT molecular complexity index is 570. The molecule has 2 aromatic rings. The molecule has 2 aromatic heterocycles. The van der Waals surface area contributed by atoms with Crippen LogP contribution < -0.4 is 5.73 Å². The Morgan fingerprint density at radius 2 is 1.94 bits per heavy atom. The van der Waals surface area contributed by atoms with Crippen LogP contribution in [0.15, 0.2) is 0 Å². The first kappa shape index (κ1) is 10.9. The molecule has 0 radical (unpaired) electrons. The van der Waals surface area contributed by atoms with E-state index in [4.69, 9.17) is 10.8 Å². The van der Waals surface area contributed by atoms with Crippen molar-refractivity contribution >= 4 is 16.3 Å². The van der Waals surface area contributed by atoms with Crippen LogP contribution in [-0.2, 0) is 0 Å². The lowest BCUT2D eigenvalue weighted by molar-refractivity contribution is 0.382. The summed E-state index contributed by atoms with van der Waals surface area (Å²) in [6, 6.07) is 0.270. The highest BCUT2D eigenvalue weighted by Gasteiger charge is 2.32. The molecule has 0 bridgehead atoms. The van der Waals surface area contributed by atoms with Crippen LogP contribution in [0.4, 0.5) is 0 Å². The van der Waals surface area contributed by atoms with Crippen molar-refractivity contribution in [2.75, 3.05) is 0 Å². The van der Waals surface area contributed by atoms with Gasteiger partial charge in [0.15, 0.2) is 5.82 Å². The summed E-state index contributed by atoms with van der Waals surface area (Å²) in [6.45, 7) is 0. The van der Waals surface area contributed by atoms with Gasteiger partial charge in [0.25, 0.3) is 0 Å². The summed E-state index contributed by atoms with van der Waals surface area (Å²) in [7, 11) is 0. The summed E-state index contributed by atoms with van der Waals surface area (Å²) < 4.78 is 1.96. The van der Waals surface area contributed by atoms with Crippen LogP contribution in [0.2, 0.25) is 0 Å². The number of hydrogen-bond donors (Lipinski definition) is 1. The first-order valence-electron chi connectivity index (χ1n) is 6.80. The number of nitrogens with two attached hydrogens (primary N) is 1. The SMILES string of the molecule is NC1CCCCC1c1nn2c(C3CC3)nnc2s1. The first-order valence-corrected chi connectivity index (χ1v) is 7.62. The maximum Gasteiger partial charge on any atom is 0.234 e. The standard InChI is InChI=1S/C12H17N5S/c13-9-4-2-1-3-8(9)11-16-17-10(7-5-6-7)14-15-12(17)18-11/h7-9H,1-6,13H2. The molecule has 2 N–H and O–H groups in total. The Labute approximate surface area is 109 Å². The average Bonchev–Trinajstić information content (AvgIpc) is 3.00. The van der Waals surface area contributed by atoms with Crippen LogP contribution in [0.5, 0.6) is 0 Å². The molecule has 2 heterocycles. The molecule has 2 aliphatic carbocycles. The van der Waals surface area contributed by atoms with E-state index in [-0.39, 0.29) is 6.04 Å². The van der Waals surface area contributed by atoms with Crippen LogP contribution in [0.1, 0.15) is 61.2 Å². The van der Waals surface area contributed by atoms with E-state index in [0.717, 1.165) is 22.2 Å². The fraction of sp³-hybridized carbons (Fsp3) is 0.750. The summed E-state index contributed by atoms with van der Waals surface area (Å²) in [4.78, 5) is 0.935. The number of rotatable bonds is 2. The highest BCUT2D eigenvalue weighted by Crippen LogP contribution is 2.40. The number of aromatic nitrogens is 4. The molecular weight excluding hydrogens is 246 g/mol. The van der Waals surface area contributed by atoms with E-state index in [1.807, 2.05) is 4.52 Å². The molecule has 5 nitrogen and oxygen atoms in total. The fourth-order valence-corrected chi connectivity index (χ4v) is 3.92. The lowest BCUT2D eigenvalue weighted by Crippen LogP contribution is -2.31. The van der Waals surface area contributed by atoms with Crippen molar-refractivity contribution in [1.29, 1.82) is 0 Å². The van der Waals surface area contributed by atoms with Crippen LogP contribution in [0.25, 0.3) is 4.96 Å². The predicted octanol–water partition coefficient (Wildman–Crippen LogP) is 2.05. The van der Waals surface area contributed by atoms with Gasteiger partial charge in [-0.15, -0.1) is 10.2 Å². The second-order valence-electron chi connectivity index (χ2n) is 5.52. The molecule has 2 atom stereocenters. The molecular formula is C12H17N5S. The number of hydrogen-bond acceptors (Lipinski definition) is 5. The Morgan fingerprint density at radius 3 is 2.72 bits per heavy atom. The van der Waals surface area contributed by atoms with Gasteiger partial charge in [0.2, 0.25) is 4.96 Å². The van der Waals surface area contributed by atoms with E-state index in [1.165, 1.54) is 32.1 Å². The maximum absolute atomic E-state index is 6.23. The molecule has 96 valence electrons. The molecule has 2 aliphatic rings. The molecule has 0 saturated heterocycles. The molecule has 0 spiro atoms. The van der Waals surface area contributed by atoms with E-state index < -0.39 is 0 Å². The number of fused-ring (bicyclic) bond motifs is 1. The zero-order valence-corrected chi connectivity index (χ0v) is 11.1. The molecule has 6 heteroatoms. The first-order chi connectivity index (χ1) is 8.83. The lowest BCUT2D eigenvalue weighted by Gasteiger charge is -2.26. The maximum atomic E-state index is 6.23. The summed E-state index contributed by atoms with van der Waals surface area (Å²) in [5.41, 5.74) is 6.23. The van der Waals surface area contributed by atoms with Gasteiger partial charge in [0.1, 0.15) is 5.01 Å². The van der Waals surface area contributed by atoms with Crippen molar-refractivity contribution < 1.29 is 0 Å². The normalized spacial score (nSPS) is 28.9. The van der Waals surface area contributed by atoms with Gasteiger partial charge in [-0.1, -0.05) is 24.2 Å². The van der Waals surface area contributed by atoms with Gasteiger partial charge < -0.3 is 5.73 Å². The van der Waals surface area contributed by atoms with E-state index in [0.29, 0.717) is 11.8 Å². The van der Waals surface area contributed by atoms with Crippen molar-refractivity contribution in [2.24, 2.45) is 5.73 Å². The van der Waals surface area contributed by atoms with Crippen LogP contribution >= 0.6 is 11.3 Å². The monoisotopic (exact) mass is 263 g/mol. The van der Waals surface area contributed by atoms with Gasteiger partial charge in [-0.05, 0) is 25.7 Å². The van der Waals surface area contributed by atoms with Crippen molar-refractivity contribution in [3.8, 4) is 0 Å². The second-order valence-corrected chi connectivity index (χ2v) is 6.51. The van der Waals surface area contributed by atoms with E-state index >= 15 is 0 Å². The van der Waals surface area contributed by atoms with Crippen LogP contribution in [0.3, 0.4) is 0 Å². The zero-order chi connectivity index (χ0) is 12.1. The summed E-state index contributed by atoms with van der Waals surface area (Å²) in [5, 5.41) is 14.4. The molecule has 4 rings (SSSR count). The number of nitrogens with zero attached hydrogens (tertiary/aromatic N) is 4. The molecule has 18 heavy (non-hydrogen) atoms. The Hall–Kier alpha value is -1.01. The second kappa shape index (κ2) is 3.99. The van der Waals surface area contributed by atoms with E-state index in [1.54, 1.807) is 11.3 Å². The molecule has 0 aromatic carbocycles. The third kappa shape index (κ3) is 1.66. The topological polar surface area (TPSA) is 69.1 Å². The van der Waals surface area contributed by atoms with Gasteiger partial charge in [-0.3, -0.25) is 0 Å². The van der Waals surface area contributed by atoms with Crippen molar-refractivity contribution in [2.45, 2.75) is 56.4 Å². The smallest absolute Gasteiger partial charge is 0.234 e. The summed E-state index contributed by atoms with van der Waals surface area (Å²) >= 11 is 1.67. The Kier molecular flexibility index (Phi) is 2.41. The minimum Gasteiger partial charge on any atom is -0.327 e.